The Labute approximate surface area is 326 Å². The molecule has 0 saturated carbocycles. The Balaban J connectivity index is 1.26. The number of hydrogen-bond acceptors (Lipinski definition) is 9. The number of thiophene rings is 1. The zero-order valence-electron chi connectivity index (χ0n) is 30.3. The van der Waals surface area contributed by atoms with E-state index >= 15 is 0 Å². The topological polar surface area (TPSA) is 143 Å². The van der Waals surface area contributed by atoms with E-state index in [-0.39, 0.29) is 17.5 Å². The lowest BCUT2D eigenvalue weighted by Gasteiger charge is -2.25. The second kappa shape index (κ2) is 17.8. The summed E-state index contributed by atoms with van der Waals surface area (Å²) in [6.45, 7) is 2.31. The quantitative estimate of drug-likeness (QED) is 0.0680. The maximum Gasteiger partial charge on any atom is 0.341 e. The highest BCUT2D eigenvalue weighted by Gasteiger charge is 2.32. The van der Waals surface area contributed by atoms with Gasteiger partial charge in [0.15, 0.2) is 0 Å². The van der Waals surface area contributed by atoms with Gasteiger partial charge in [-0.25, -0.2) is 4.79 Å². The summed E-state index contributed by atoms with van der Waals surface area (Å²) in [5.74, 6) is -1.52. The third-order valence-corrected chi connectivity index (χ3v) is 11.2. The Kier molecular flexibility index (Phi) is 12.4. The van der Waals surface area contributed by atoms with E-state index in [1.807, 2.05) is 36.4 Å². The van der Waals surface area contributed by atoms with Gasteiger partial charge in [-0.3, -0.25) is 19.2 Å². The lowest BCUT2D eigenvalue weighted by molar-refractivity contribution is -0.129. The van der Waals surface area contributed by atoms with Crippen LogP contribution < -0.4 is 20.7 Å². The minimum absolute atomic E-state index is 0.00979. The van der Waals surface area contributed by atoms with Crippen molar-refractivity contribution >= 4 is 69.5 Å². The molecule has 1 aliphatic heterocycles. The van der Waals surface area contributed by atoms with Gasteiger partial charge < -0.3 is 30.3 Å². The molecular weight excluding hydrogens is 737 g/mol. The monoisotopic (exact) mass is 774 g/mol. The standard InChI is InChI=1S/C42H38N4O7S2/c1-26(47)46-22-21-32-35(25-46)55-41(36(32)42(51)53-3)45-40(50)37(27-13-6-4-7-14-27)54-31-19-12-18-30(24-31)43-39(49)33(23-29-17-10-11-20-34(29)52-2)44-38(48)28-15-8-5-9-16-28/h4-20,23-24,37H,21-22,25H2,1-3H3,(H,43,49)(H,44,48)(H,45,50)/b33-23+. The number of carbonyl (C=O) groups excluding carboxylic acids is 5. The molecular formula is C42H38N4O7S2. The van der Waals surface area contributed by atoms with Crippen molar-refractivity contribution in [3.63, 3.8) is 0 Å². The second-order valence-electron chi connectivity index (χ2n) is 12.4. The van der Waals surface area contributed by atoms with Crippen LogP contribution in [0.5, 0.6) is 5.75 Å². The number of hydrogen-bond donors (Lipinski definition) is 3. The molecule has 0 aliphatic carbocycles. The molecule has 0 bridgehead atoms. The van der Waals surface area contributed by atoms with Crippen molar-refractivity contribution < 1.29 is 33.4 Å². The number of anilines is 2. The first-order valence-electron chi connectivity index (χ1n) is 17.3. The highest BCUT2D eigenvalue weighted by atomic mass is 32.2. The molecule has 55 heavy (non-hydrogen) atoms. The summed E-state index contributed by atoms with van der Waals surface area (Å²) in [6.07, 6.45) is 2.01. The zero-order chi connectivity index (χ0) is 38.9. The third-order valence-electron chi connectivity index (χ3n) is 8.78. The number of nitrogens with one attached hydrogen (secondary N) is 3. The highest BCUT2D eigenvalue weighted by molar-refractivity contribution is 8.00. The summed E-state index contributed by atoms with van der Waals surface area (Å²) in [5.41, 5.74) is 3.18. The van der Waals surface area contributed by atoms with Crippen LogP contribution in [-0.2, 0) is 32.1 Å². The molecule has 1 atom stereocenters. The molecule has 4 amide bonds. The smallest absolute Gasteiger partial charge is 0.341 e. The van der Waals surface area contributed by atoms with Crippen molar-refractivity contribution in [2.24, 2.45) is 0 Å². The minimum atomic E-state index is -0.767. The lowest BCUT2D eigenvalue weighted by atomic mass is 10.0. The molecule has 3 N–H and O–H groups in total. The molecule has 6 rings (SSSR count). The van der Waals surface area contributed by atoms with Crippen LogP contribution in [-0.4, -0.2) is 55.3 Å². The van der Waals surface area contributed by atoms with Crippen LogP contribution in [0.25, 0.3) is 6.08 Å². The number of nitrogens with zero attached hydrogens (tertiary/aromatic N) is 1. The molecule has 0 radical (unpaired) electrons. The number of carbonyl (C=O) groups is 5. The number of benzene rings is 4. The normalized spacial score (nSPS) is 12.9. The van der Waals surface area contributed by atoms with E-state index in [1.165, 1.54) is 44.2 Å². The predicted molar refractivity (Wildman–Crippen MR) is 214 cm³/mol. The van der Waals surface area contributed by atoms with Gasteiger partial charge >= 0.3 is 5.97 Å². The summed E-state index contributed by atoms with van der Waals surface area (Å²) >= 11 is 2.53. The summed E-state index contributed by atoms with van der Waals surface area (Å²) in [5, 5.41) is 8.23. The van der Waals surface area contributed by atoms with Gasteiger partial charge in [-0.2, -0.15) is 0 Å². The van der Waals surface area contributed by atoms with Crippen molar-refractivity contribution in [2.75, 3.05) is 31.4 Å². The molecule has 0 fully saturated rings. The summed E-state index contributed by atoms with van der Waals surface area (Å²) in [6, 6.07) is 32.0. The third kappa shape index (κ3) is 9.31. The zero-order valence-corrected chi connectivity index (χ0v) is 31.9. The van der Waals surface area contributed by atoms with Crippen molar-refractivity contribution in [1.29, 1.82) is 0 Å². The maximum atomic E-state index is 14.2. The average molecular weight is 775 g/mol. The van der Waals surface area contributed by atoms with Gasteiger partial charge in [-0.1, -0.05) is 72.8 Å². The van der Waals surface area contributed by atoms with E-state index in [1.54, 1.807) is 83.8 Å². The Morgan fingerprint density at radius 2 is 1.56 bits per heavy atom. The second-order valence-corrected chi connectivity index (χ2v) is 14.7. The van der Waals surface area contributed by atoms with Gasteiger partial charge in [0, 0.05) is 40.1 Å². The Bertz CT molecular complexity index is 2260. The Morgan fingerprint density at radius 1 is 0.855 bits per heavy atom. The number of fused-ring (bicyclic) bond motifs is 1. The molecule has 1 aromatic heterocycles. The fourth-order valence-electron chi connectivity index (χ4n) is 6.02. The van der Waals surface area contributed by atoms with E-state index in [0.29, 0.717) is 63.1 Å². The van der Waals surface area contributed by atoms with Gasteiger partial charge in [-0.05, 0) is 60.0 Å². The molecule has 1 unspecified atom stereocenters. The van der Waals surface area contributed by atoms with Gasteiger partial charge in [0.2, 0.25) is 11.8 Å². The fourth-order valence-corrected chi connectivity index (χ4v) is 8.36. The molecule has 280 valence electrons. The average Bonchev–Trinajstić information content (AvgIpc) is 3.57. The van der Waals surface area contributed by atoms with Crippen LogP contribution in [0, 0.1) is 0 Å². The summed E-state index contributed by atoms with van der Waals surface area (Å²) < 4.78 is 10.6. The first-order chi connectivity index (χ1) is 26.6. The van der Waals surface area contributed by atoms with Crippen LogP contribution in [0.15, 0.2) is 120 Å². The number of methoxy groups -OCH3 is 2. The van der Waals surface area contributed by atoms with E-state index in [0.717, 1.165) is 10.4 Å². The molecule has 5 aromatic rings. The molecule has 0 spiro atoms. The largest absolute Gasteiger partial charge is 0.496 e. The van der Waals surface area contributed by atoms with Crippen LogP contribution >= 0.6 is 23.1 Å². The first-order valence-corrected chi connectivity index (χ1v) is 19.0. The van der Waals surface area contributed by atoms with Crippen molar-refractivity contribution in [3.05, 3.63) is 148 Å². The fraction of sp³-hybridized carbons (Fsp3) is 0.167. The number of ether oxygens (including phenoxy) is 2. The highest BCUT2D eigenvalue weighted by Crippen LogP contribution is 2.41. The number of esters is 1. The molecule has 13 heteroatoms. The van der Waals surface area contributed by atoms with Gasteiger partial charge in [0.25, 0.3) is 11.8 Å². The van der Waals surface area contributed by atoms with Gasteiger partial charge in [0.05, 0.1) is 26.3 Å². The van der Waals surface area contributed by atoms with Crippen LogP contribution in [0.3, 0.4) is 0 Å². The molecule has 4 aromatic carbocycles. The molecule has 0 saturated heterocycles. The number of amides is 4. The van der Waals surface area contributed by atoms with E-state index in [2.05, 4.69) is 16.0 Å². The number of thioether (sulfide) groups is 1. The molecule has 11 nitrogen and oxygen atoms in total. The molecule has 1 aliphatic rings. The van der Waals surface area contributed by atoms with E-state index in [9.17, 15) is 24.0 Å². The predicted octanol–water partition coefficient (Wildman–Crippen LogP) is 7.33. The maximum absolute atomic E-state index is 14.2. The summed E-state index contributed by atoms with van der Waals surface area (Å²) in [4.78, 5) is 69.5. The number of rotatable bonds is 12. The molecule has 2 heterocycles. The van der Waals surface area contributed by atoms with Gasteiger partial charge in [0.1, 0.15) is 21.7 Å². The van der Waals surface area contributed by atoms with E-state index in [4.69, 9.17) is 9.47 Å². The van der Waals surface area contributed by atoms with Crippen LogP contribution in [0.4, 0.5) is 10.7 Å². The summed E-state index contributed by atoms with van der Waals surface area (Å²) in [7, 11) is 2.82. The van der Waals surface area contributed by atoms with Crippen molar-refractivity contribution in [1.82, 2.24) is 10.2 Å². The van der Waals surface area contributed by atoms with E-state index < -0.39 is 23.0 Å². The first kappa shape index (κ1) is 38.5. The van der Waals surface area contributed by atoms with Crippen molar-refractivity contribution in [2.45, 2.75) is 30.0 Å². The lowest BCUT2D eigenvalue weighted by Crippen LogP contribution is -2.33. The Hall–Kier alpha value is -6.18. The Morgan fingerprint density at radius 3 is 2.27 bits per heavy atom. The SMILES string of the molecule is COC(=O)c1c(NC(=O)C(Sc2cccc(NC(=O)/C(=C\c3ccccc3OC)NC(=O)c3ccccc3)c2)c2ccccc2)sc2c1CCN(C(C)=O)C2. The van der Waals surface area contributed by atoms with Crippen molar-refractivity contribution in [3.8, 4) is 5.75 Å². The minimum Gasteiger partial charge on any atom is -0.496 e. The number of para-hydroxylation sites is 1. The van der Waals surface area contributed by atoms with Crippen LogP contribution in [0.1, 0.15) is 54.5 Å². The van der Waals surface area contributed by atoms with Gasteiger partial charge in [-0.15, -0.1) is 23.1 Å². The van der Waals surface area contributed by atoms with Crippen LogP contribution in [0.2, 0.25) is 0 Å².